The van der Waals surface area contributed by atoms with Crippen LogP contribution in [-0.2, 0) is 4.74 Å². The maximum absolute atomic E-state index is 12.4. The molecule has 110 valence electrons. The molecule has 0 aliphatic carbocycles. The minimum absolute atomic E-state index is 0.131. The van der Waals surface area contributed by atoms with Gasteiger partial charge in [0.25, 0.3) is 0 Å². The maximum Gasteiger partial charge on any atom is 0.228 e. The molecular formula is C18H14O4. The number of hydrogen-bond acceptors (Lipinski definition) is 4. The number of benzene rings is 2. The number of furan rings is 1. The monoisotopic (exact) mass is 294 g/mol. The molecule has 3 aromatic rings. The predicted octanol–water partition coefficient (Wildman–Crippen LogP) is 3.44. The van der Waals surface area contributed by atoms with Gasteiger partial charge in [-0.3, -0.25) is 4.79 Å². The molecule has 1 fully saturated rings. The molecule has 0 radical (unpaired) electrons. The fraction of sp³-hybridized carbons (Fsp3) is 0.167. The number of hydrogen-bond donors (Lipinski definition) is 0. The number of rotatable bonds is 5. The van der Waals surface area contributed by atoms with Crippen LogP contribution in [0.1, 0.15) is 16.1 Å². The Hall–Kier alpha value is -2.59. The van der Waals surface area contributed by atoms with E-state index in [4.69, 9.17) is 13.9 Å². The van der Waals surface area contributed by atoms with Crippen molar-refractivity contribution < 1.29 is 18.7 Å². The molecule has 0 spiro atoms. The molecule has 4 nitrogen and oxygen atoms in total. The summed E-state index contributed by atoms with van der Waals surface area (Å²) in [7, 11) is 0. The van der Waals surface area contributed by atoms with E-state index >= 15 is 0 Å². The zero-order valence-corrected chi connectivity index (χ0v) is 11.8. The molecule has 0 saturated carbocycles. The Balaban J connectivity index is 1.67. The van der Waals surface area contributed by atoms with Crippen molar-refractivity contribution in [3.8, 4) is 5.75 Å². The average molecular weight is 294 g/mol. The SMILES string of the molecule is O=C(c1ccccc1)c1cc2cccc(OCC3CO3)c2o1. The van der Waals surface area contributed by atoms with E-state index in [1.165, 1.54) is 0 Å². The summed E-state index contributed by atoms with van der Waals surface area (Å²) in [5, 5.41) is 0.855. The number of carbonyl (C=O) groups is 1. The van der Waals surface area contributed by atoms with Gasteiger partial charge in [-0.2, -0.15) is 0 Å². The van der Waals surface area contributed by atoms with Crippen LogP contribution in [0.3, 0.4) is 0 Å². The number of ether oxygens (including phenoxy) is 2. The zero-order chi connectivity index (χ0) is 14.9. The zero-order valence-electron chi connectivity index (χ0n) is 11.8. The Labute approximate surface area is 127 Å². The summed E-state index contributed by atoms with van der Waals surface area (Å²) in [6, 6.07) is 16.5. The summed E-state index contributed by atoms with van der Waals surface area (Å²) in [5.74, 6) is 0.827. The molecule has 2 aromatic carbocycles. The number of para-hydroxylation sites is 1. The Bertz CT molecular complexity index is 815. The van der Waals surface area contributed by atoms with E-state index in [1.54, 1.807) is 18.2 Å². The van der Waals surface area contributed by atoms with Crippen molar-refractivity contribution in [1.82, 2.24) is 0 Å². The summed E-state index contributed by atoms with van der Waals surface area (Å²) in [5.41, 5.74) is 1.21. The number of fused-ring (bicyclic) bond motifs is 1. The van der Waals surface area contributed by atoms with Crippen LogP contribution in [0.25, 0.3) is 11.0 Å². The van der Waals surface area contributed by atoms with Crippen LogP contribution in [0, 0.1) is 0 Å². The van der Waals surface area contributed by atoms with Crippen LogP contribution in [0.5, 0.6) is 5.75 Å². The number of epoxide rings is 1. The fourth-order valence-corrected chi connectivity index (χ4v) is 2.34. The summed E-state index contributed by atoms with van der Waals surface area (Å²) >= 11 is 0. The minimum Gasteiger partial charge on any atom is -0.487 e. The van der Waals surface area contributed by atoms with Gasteiger partial charge in [-0.25, -0.2) is 0 Å². The molecule has 1 aliphatic heterocycles. The molecular weight excluding hydrogens is 280 g/mol. The lowest BCUT2D eigenvalue weighted by Crippen LogP contribution is -2.03. The number of ketones is 1. The van der Waals surface area contributed by atoms with Crippen molar-refractivity contribution in [3.63, 3.8) is 0 Å². The Kier molecular flexibility index (Phi) is 3.16. The third kappa shape index (κ3) is 2.49. The maximum atomic E-state index is 12.4. The summed E-state index contributed by atoms with van der Waals surface area (Å²) < 4.78 is 16.6. The van der Waals surface area contributed by atoms with Gasteiger partial charge in [0, 0.05) is 10.9 Å². The third-order valence-electron chi connectivity index (χ3n) is 3.59. The summed E-state index contributed by atoms with van der Waals surface area (Å²) in [6.45, 7) is 1.24. The smallest absolute Gasteiger partial charge is 0.228 e. The Morgan fingerprint density at radius 1 is 1.14 bits per heavy atom. The normalized spacial score (nSPS) is 16.6. The molecule has 4 rings (SSSR count). The highest BCUT2D eigenvalue weighted by Crippen LogP contribution is 2.30. The molecule has 0 N–H and O–H groups in total. The lowest BCUT2D eigenvalue weighted by Gasteiger charge is -2.03. The van der Waals surface area contributed by atoms with Gasteiger partial charge in [-0.15, -0.1) is 0 Å². The van der Waals surface area contributed by atoms with Crippen molar-refractivity contribution in [1.29, 1.82) is 0 Å². The second kappa shape index (κ2) is 5.31. The molecule has 1 atom stereocenters. The van der Waals surface area contributed by atoms with E-state index in [-0.39, 0.29) is 11.9 Å². The van der Waals surface area contributed by atoms with E-state index in [2.05, 4.69) is 0 Å². The molecule has 22 heavy (non-hydrogen) atoms. The van der Waals surface area contributed by atoms with Gasteiger partial charge in [0.2, 0.25) is 5.78 Å². The van der Waals surface area contributed by atoms with Gasteiger partial charge in [-0.05, 0) is 12.1 Å². The predicted molar refractivity (Wildman–Crippen MR) is 81.3 cm³/mol. The van der Waals surface area contributed by atoms with E-state index in [1.807, 2.05) is 36.4 Å². The molecule has 4 heteroatoms. The highest BCUT2D eigenvalue weighted by atomic mass is 16.6. The first-order valence-electron chi connectivity index (χ1n) is 7.18. The Morgan fingerprint density at radius 3 is 2.73 bits per heavy atom. The highest BCUT2D eigenvalue weighted by Gasteiger charge is 2.24. The second-order valence-electron chi connectivity index (χ2n) is 5.25. The van der Waals surface area contributed by atoms with Crippen molar-refractivity contribution in [2.75, 3.05) is 13.2 Å². The van der Waals surface area contributed by atoms with E-state index in [9.17, 15) is 4.79 Å². The van der Waals surface area contributed by atoms with Crippen LogP contribution in [-0.4, -0.2) is 25.1 Å². The van der Waals surface area contributed by atoms with Gasteiger partial charge in [0.1, 0.15) is 12.7 Å². The van der Waals surface area contributed by atoms with Gasteiger partial charge in [0.15, 0.2) is 17.1 Å². The standard InChI is InChI=1S/C18H14O4/c19-17(12-5-2-1-3-6-12)16-9-13-7-4-8-15(18(13)22-16)21-11-14-10-20-14/h1-9,14H,10-11H2. The number of carbonyl (C=O) groups excluding carboxylic acids is 1. The van der Waals surface area contributed by atoms with Crippen molar-refractivity contribution in [2.45, 2.75) is 6.10 Å². The van der Waals surface area contributed by atoms with Gasteiger partial charge in [-0.1, -0.05) is 42.5 Å². The third-order valence-corrected chi connectivity index (χ3v) is 3.59. The molecule has 2 heterocycles. The highest BCUT2D eigenvalue weighted by molar-refractivity contribution is 6.09. The fourth-order valence-electron chi connectivity index (χ4n) is 2.34. The lowest BCUT2D eigenvalue weighted by molar-refractivity contribution is 0.101. The first kappa shape index (κ1) is 13.1. The lowest BCUT2D eigenvalue weighted by atomic mass is 10.1. The van der Waals surface area contributed by atoms with E-state index in [0.717, 1.165) is 12.0 Å². The molecule has 1 saturated heterocycles. The topological polar surface area (TPSA) is 52.0 Å². The van der Waals surface area contributed by atoms with Crippen LogP contribution < -0.4 is 4.74 Å². The van der Waals surface area contributed by atoms with Crippen LogP contribution in [0.15, 0.2) is 59.0 Å². The summed E-state index contributed by atoms with van der Waals surface area (Å²) in [6.07, 6.45) is 0.177. The van der Waals surface area contributed by atoms with Gasteiger partial charge in [0.05, 0.1) is 6.61 Å². The van der Waals surface area contributed by atoms with Gasteiger partial charge < -0.3 is 13.9 Å². The van der Waals surface area contributed by atoms with Crippen molar-refractivity contribution >= 4 is 16.8 Å². The Morgan fingerprint density at radius 2 is 1.95 bits per heavy atom. The second-order valence-corrected chi connectivity index (χ2v) is 5.25. The molecule has 0 bridgehead atoms. The summed E-state index contributed by atoms with van der Waals surface area (Å²) in [4.78, 5) is 12.4. The first-order valence-corrected chi connectivity index (χ1v) is 7.18. The molecule has 0 amide bonds. The van der Waals surface area contributed by atoms with Crippen LogP contribution in [0.2, 0.25) is 0 Å². The van der Waals surface area contributed by atoms with Crippen molar-refractivity contribution in [2.24, 2.45) is 0 Å². The van der Waals surface area contributed by atoms with Crippen LogP contribution >= 0.6 is 0 Å². The molecule has 1 aromatic heterocycles. The minimum atomic E-state index is -0.131. The van der Waals surface area contributed by atoms with Crippen molar-refractivity contribution in [3.05, 3.63) is 65.9 Å². The van der Waals surface area contributed by atoms with E-state index < -0.39 is 0 Å². The molecule has 1 aliphatic rings. The van der Waals surface area contributed by atoms with E-state index in [0.29, 0.717) is 29.3 Å². The van der Waals surface area contributed by atoms with Gasteiger partial charge >= 0.3 is 0 Å². The first-order chi connectivity index (χ1) is 10.8. The largest absolute Gasteiger partial charge is 0.487 e. The quantitative estimate of drug-likeness (QED) is 0.534. The average Bonchev–Trinajstić information content (AvgIpc) is 3.29. The van der Waals surface area contributed by atoms with Crippen LogP contribution in [0.4, 0.5) is 0 Å². The molecule has 1 unspecified atom stereocenters.